The third-order valence-electron chi connectivity index (χ3n) is 4.84. The lowest BCUT2D eigenvalue weighted by atomic mass is 10.0. The molecule has 0 spiro atoms. The summed E-state index contributed by atoms with van der Waals surface area (Å²) in [6, 6.07) is 6.45. The zero-order valence-electron chi connectivity index (χ0n) is 19.1. The number of hydrogen-bond acceptors (Lipinski definition) is 5. The molecule has 7 nitrogen and oxygen atoms in total. The first-order chi connectivity index (χ1) is 14.0. The third kappa shape index (κ3) is 9.16. The summed E-state index contributed by atoms with van der Waals surface area (Å²) in [4.78, 5) is 7.03. The lowest BCUT2D eigenvalue weighted by Crippen LogP contribution is -2.48. The van der Waals surface area contributed by atoms with Crippen molar-refractivity contribution in [3.8, 4) is 11.5 Å². The topological polar surface area (TPSA) is 67.4 Å². The number of hydrogen-bond donors (Lipinski definition) is 2. The molecular weight excluding hydrogens is 495 g/mol. The minimum absolute atomic E-state index is 0. The van der Waals surface area contributed by atoms with Crippen LogP contribution in [0.4, 0.5) is 5.69 Å². The fourth-order valence-electron chi connectivity index (χ4n) is 3.31. The maximum Gasteiger partial charge on any atom is 0.191 e. The van der Waals surface area contributed by atoms with Crippen LogP contribution in [0.25, 0.3) is 0 Å². The number of rotatable bonds is 10. The quantitative estimate of drug-likeness (QED) is 0.207. The van der Waals surface area contributed by atoms with Crippen molar-refractivity contribution < 1.29 is 14.2 Å². The molecule has 1 fully saturated rings. The molecule has 2 N–H and O–H groups in total. The van der Waals surface area contributed by atoms with Gasteiger partial charge in [0.05, 0.1) is 27.4 Å². The number of piperidine rings is 1. The van der Waals surface area contributed by atoms with Crippen LogP contribution in [0.15, 0.2) is 23.2 Å². The molecule has 8 heteroatoms. The van der Waals surface area contributed by atoms with Crippen molar-refractivity contribution in [1.82, 2.24) is 10.6 Å². The number of anilines is 1. The molecule has 0 saturated carbocycles. The van der Waals surface area contributed by atoms with Gasteiger partial charge in [-0.15, -0.1) is 24.0 Å². The van der Waals surface area contributed by atoms with Gasteiger partial charge in [-0.05, 0) is 25.7 Å². The Balaban J connectivity index is 0.00000450. The highest BCUT2D eigenvalue weighted by Crippen LogP contribution is 2.30. The number of nitrogens with zero attached hydrogens (tertiary/aromatic N) is 2. The molecule has 1 aromatic rings. The number of nitrogens with one attached hydrogen (secondary N) is 2. The first-order valence-corrected chi connectivity index (χ1v) is 10.7. The Hall–Kier alpha value is -1.42. The van der Waals surface area contributed by atoms with E-state index in [2.05, 4.69) is 53.4 Å². The van der Waals surface area contributed by atoms with Crippen LogP contribution < -0.4 is 25.0 Å². The van der Waals surface area contributed by atoms with Crippen molar-refractivity contribution in [2.75, 3.05) is 58.5 Å². The second-order valence-corrected chi connectivity index (χ2v) is 7.71. The highest BCUT2D eigenvalue weighted by Gasteiger charge is 2.21. The van der Waals surface area contributed by atoms with Crippen LogP contribution in [0.1, 0.15) is 33.6 Å². The minimum Gasteiger partial charge on any atom is -0.497 e. The van der Waals surface area contributed by atoms with Crippen molar-refractivity contribution in [3.63, 3.8) is 0 Å². The molecule has 1 aliphatic rings. The predicted octanol–water partition coefficient (Wildman–Crippen LogP) is 3.52. The molecule has 2 rings (SSSR count). The molecule has 1 aliphatic heterocycles. The first-order valence-electron chi connectivity index (χ1n) is 10.7. The largest absolute Gasteiger partial charge is 0.497 e. The second-order valence-electron chi connectivity index (χ2n) is 7.71. The van der Waals surface area contributed by atoms with Crippen molar-refractivity contribution in [3.05, 3.63) is 18.2 Å². The Morgan fingerprint density at radius 1 is 1.13 bits per heavy atom. The molecule has 1 saturated heterocycles. The Morgan fingerprint density at radius 2 is 1.77 bits per heavy atom. The van der Waals surface area contributed by atoms with E-state index in [1.54, 1.807) is 14.2 Å². The molecule has 172 valence electrons. The molecule has 0 unspecified atom stereocenters. The number of methoxy groups -OCH3 is 2. The van der Waals surface area contributed by atoms with E-state index in [0.717, 1.165) is 62.2 Å². The highest BCUT2D eigenvalue weighted by molar-refractivity contribution is 14.0. The van der Waals surface area contributed by atoms with E-state index in [1.807, 2.05) is 6.07 Å². The molecule has 0 radical (unpaired) electrons. The normalized spacial score (nSPS) is 15.0. The predicted molar refractivity (Wildman–Crippen MR) is 135 cm³/mol. The Morgan fingerprint density at radius 3 is 2.30 bits per heavy atom. The van der Waals surface area contributed by atoms with Gasteiger partial charge < -0.3 is 29.7 Å². The van der Waals surface area contributed by atoms with Gasteiger partial charge in [0.1, 0.15) is 11.5 Å². The number of ether oxygens (including phenoxy) is 3. The number of halogens is 1. The Kier molecular flexibility index (Phi) is 12.9. The average Bonchev–Trinajstić information content (AvgIpc) is 2.73. The number of benzene rings is 1. The van der Waals surface area contributed by atoms with E-state index in [0.29, 0.717) is 25.1 Å². The summed E-state index contributed by atoms with van der Waals surface area (Å²) < 4.78 is 16.4. The summed E-state index contributed by atoms with van der Waals surface area (Å²) in [7, 11) is 3.37. The molecule has 0 atom stereocenters. The van der Waals surface area contributed by atoms with Gasteiger partial charge in [-0.3, -0.25) is 4.99 Å². The summed E-state index contributed by atoms with van der Waals surface area (Å²) in [6.45, 7) is 11.3. The summed E-state index contributed by atoms with van der Waals surface area (Å²) in [6.07, 6.45) is 2.10. The monoisotopic (exact) mass is 534 g/mol. The van der Waals surface area contributed by atoms with Gasteiger partial charge in [0.2, 0.25) is 0 Å². The van der Waals surface area contributed by atoms with Crippen LogP contribution in [0.5, 0.6) is 11.5 Å². The molecule has 1 heterocycles. The van der Waals surface area contributed by atoms with Crippen LogP contribution in [0.3, 0.4) is 0 Å². The van der Waals surface area contributed by atoms with Crippen LogP contribution >= 0.6 is 24.0 Å². The molecular formula is C22H39IN4O3. The lowest BCUT2D eigenvalue weighted by molar-refractivity contribution is 0.117. The Bertz CT molecular complexity index is 613. The maximum atomic E-state index is 5.62. The lowest BCUT2D eigenvalue weighted by Gasteiger charge is -2.34. The van der Waals surface area contributed by atoms with Gasteiger partial charge in [0.25, 0.3) is 0 Å². The van der Waals surface area contributed by atoms with Crippen LogP contribution in [0, 0.1) is 5.92 Å². The molecule has 30 heavy (non-hydrogen) atoms. The maximum absolute atomic E-state index is 5.62. The number of guanidine groups is 1. The zero-order valence-corrected chi connectivity index (χ0v) is 21.4. The highest BCUT2D eigenvalue weighted by atomic mass is 127. The van der Waals surface area contributed by atoms with Gasteiger partial charge in [-0.1, -0.05) is 13.8 Å². The van der Waals surface area contributed by atoms with Gasteiger partial charge in [0, 0.05) is 56.2 Å². The second kappa shape index (κ2) is 14.6. The first kappa shape index (κ1) is 26.6. The zero-order chi connectivity index (χ0) is 21.1. The minimum atomic E-state index is 0. The van der Waals surface area contributed by atoms with Crippen LogP contribution in [-0.4, -0.2) is 65.6 Å². The van der Waals surface area contributed by atoms with E-state index >= 15 is 0 Å². The summed E-state index contributed by atoms with van der Waals surface area (Å²) in [5, 5.41) is 6.92. The fourth-order valence-corrected chi connectivity index (χ4v) is 3.31. The van der Waals surface area contributed by atoms with Crippen LogP contribution in [0.2, 0.25) is 0 Å². The summed E-state index contributed by atoms with van der Waals surface area (Å²) in [5.74, 6) is 3.07. The summed E-state index contributed by atoms with van der Waals surface area (Å²) >= 11 is 0. The van der Waals surface area contributed by atoms with E-state index in [4.69, 9.17) is 14.2 Å². The smallest absolute Gasteiger partial charge is 0.191 e. The molecule has 0 amide bonds. The standard InChI is InChI=1S/C22H38N4O3.HI/c1-6-23-22(24-9-12-29-16-17(2)3)25-18-7-10-26(11-8-18)19-13-20(27-4)15-21(14-19)28-5;/h13-15,17-18H,6-12,16H2,1-5H3,(H2,23,24,25);1H. The Labute approximate surface area is 199 Å². The molecule has 0 aromatic heterocycles. The van der Waals surface area contributed by atoms with Gasteiger partial charge in [0.15, 0.2) is 5.96 Å². The van der Waals surface area contributed by atoms with Crippen molar-refractivity contribution in [1.29, 1.82) is 0 Å². The average molecular weight is 534 g/mol. The third-order valence-corrected chi connectivity index (χ3v) is 4.84. The molecule has 1 aromatic carbocycles. The van der Waals surface area contributed by atoms with E-state index < -0.39 is 0 Å². The van der Waals surface area contributed by atoms with E-state index in [9.17, 15) is 0 Å². The van der Waals surface area contributed by atoms with Gasteiger partial charge in [-0.2, -0.15) is 0 Å². The van der Waals surface area contributed by atoms with Crippen molar-refractivity contribution in [2.45, 2.75) is 39.7 Å². The van der Waals surface area contributed by atoms with Gasteiger partial charge >= 0.3 is 0 Å². The fraction of sp³-hybridized carbons (Fsp3) is 0.682. The van der Waals surface area contributed by atoms with E-state index in [-0.39, 0.29) is 24.0 Å². The van der Waals surface area contributed by atoms with Crippen LogP contribution in [-0.2, 0) is 4.74 Å². The number of aliphatic imine (C=N–C) groups is 1. The van der Waals surface area contributed by atoms with Crippen molar-refractivity contribution in [2.24, 2.45) is 10.9 Å². The SMILES string of the molecule is CCNC(=NCCOCC(C)C)NC1CCN(c2cc(OC)cc(OC)c2)CC1.I. The molecule has 0 aliphatic carbocycles. The van der Waals surface area contributed by atoms with Gasteiger partial charge in [-0.25, -0.2) is 0 Å². The summed E-state index contributed by atoms with van der Waals surface area (Å²) in [5.41, 5.74) is 1.14. The van der Waals surface area contributed by atoms with E-state index in [1.165, 1.54) is 0 Å². The van der Waals surface area contributed by atoms with Crippen molar-refractivity contribution >= 4 is 35.6 Å². The molecule has 0 bridgehead atoms.